The van der Waals surface area contributed by atoms with Crippen molar-refractivity contribution in [1.82, 2.24) is 9.71 Å². The fourth-order valence-corrected chi connectivity index (χ4v) is 10.2. The summed E-state index contributed by atoms with van der Waals surface area (Å²) in [5.74, 6) is 0.382. The molecule has 6 rings (SSSR count). The molecule has 1 fully saturated rings. The first-order valence-corrected chi connectivity index (χ1v) is 20.6. The monoisotopic (exact) mass is 737 g/mol. The number of anilines is 1. The van der Waals surface area contributed by atoms with Gasteiger partial charge in [0.05, 0.1) is 28.7 Å². The lowest BCUT2D eigenvalue weighted by atomic mass is 9.68. The van der Waals surface area contributed by atoms with E-state index in [1.165, 1.54) is 22.5 Å². The number of aliphatic hydroxyl groups is 1. The molecule has 2 N–H and O–H groups in total. The maximum absolute atomic E-state index is 13.7. The normalized spacial score (nSPS) is 22.9. The van der Waals surface area contributed by atoms with Gasteiger partial charge in [0.15, 0.2) is 0 Å². The molecule has 5 atom stereocenters. The topological polar surface area (TPSA) is 109 Å². The minimum absolute atomic E-state index is 0.145. The van der Waals surface area contributed by atoms with Crippen molar-refractivity contribution in [1.29, 1.82) is 0 Å². The zero-order valence-electron chi connectivity index (χ0n) is 28.7. The first-order valence-electron chi connectivity index (χ1n) is 17.8. The van der Waals surface area contributed by atoms with Crippen LogP contribution in [0.5, 0.6) is 5.75 Å². The number of sulfonamides is 1. The number of aryl methyl sites for hydroxylation is 1. The Morgan fingerprint density at radius 3 is 2.86 bits per heavy atom. The van der Waals surface area contributed by atoms with Gasteiger partial charge in [0.25, 0.3) is 5.91 Å². The number of nitrogens with one attached hydrogen (secondary N) is 1. The molecule has 8 nitrogen and oxygen atoms in total. The third-order valence-corrected chi connectivity index (χ3v) is 13.5. The number of halogens is 1. The molecule has 1 spiro atoms. The molecule has 0 radical (unpaired) electrons. The van der Waals surface area contributed by atoms with Crippen LogP contribution in [0.25, 0.3) is 0 Å². The summed E-state index contributed by atoms with van der Waals surface area (Å²) in [5.41, 5.74) is 3.20. The standard InChI is InChI=1S/C39H48ClN3O5S2/c1-3-5-7-11-35(44)32-15-12-29(32)24-43-25-39(18-8-9-27-21-30(40)14-16-33(27)39)26-48-36-17-13-28(22-34(36)43)38(45)42-50(46,47)31(10-6-4-2)23-37-41-19-20-49-37/h4,7,11,13-14,16-17,19-22,29,31-32,35,44H,2-3,5-6,8-10,12,15,18,23-26H2,1H3,(H,42,45)/b11-7+/t29-,31-,32-,35-,39-/m0/s1. The lowest BCUT2D eigenvalue weighted by molar-refractivity contribution is 0.0456. The zero-order valence-corrected chi connectivity index (χ0v) is 31.1. The Morgan fingerprint density at radius 1 is 1.26 bits per heavy atom. The van der Waals surface area contributed by atoms with Gasteiger partial charge >= 0.3 is 0 Å². The summed E-state index contributed by atoms with van der Waals surface area (Å²) in [6.07, 6.45) is 14.7. The van der Waals surface area contributed by atoms with E-state index in [1.807, 2.05) is 17.5 Å². The lowest BCUT2D eigenvalue weighted by Crippen LogP contribution is -2.49. The fourth-order valence-electron chi connectivity index (χ4n) is 7.85. The Balaban J connectivity index is 1.30. The molecule has 0 saturated heterocycles. The summed E-state index contributed by atoms with van der Waals surface area (Å²) in [7, 11) is -4.03. The molecular formula is C39H48ClN3O5S2. The van der Waals surface area contributed by atoms with Crippen LogP contribution in [0.15, 0.2) is 72.8 Å². The number of allylic oxidation sites excluding steroid dienone is 2. The van der Waals surface area contributed by atoms with E-state index in [9.17, 15) is 18.3 Å². The Labute approximate surface area is 305 Å². The number of nitrogens with zero attached hydrogens (tertiary/aromatic N) is 2. The second-order valence-corrected chi connectivity index (χ2v) is 17.5. The molecule has 50 heavy (non-hydrogen) atoms. The number of ether oxygens (including phenoxy) is 1. The SMILES string of the molecule is C=CCC[C@@H](Cc1nccs1)S(=O)(=O)NC(=O)c1ccc2c(c1)N(C[C@@H]1CC[C@@H]1[C@@H](O)/C=C/CCC)C[C@@]1(CCCc3cc(Cl)ccc31)CO2. The smallest absolute Gasteiger partial charge is 0.264 e. The molecule has 3 aromatic rings. The van der Waals surface area contributed by atoms with E-state index in [-0.39, 0.29) is 29.2 Å². The number of unbranched alkanes of at least 4 members (excludes halogenated alkanes) is 1. The van der Waals surface area contributed by atoms with Gasteiger partial charge in [-0.2, -0.15) is 0 Å². The minimum Gasteiger partial charge on any atom is -0.490 e. The van der Waals surface area contributed by atoms with Gasteiger partial charge in [-0.3, -0.25) is 4.79 Å². The van der Waals surface area contributed by atoms with Crippen molar-refractivity contribution in [3.8, 4) is 5.75 Å². The van der Waals surface area contributed by atoms with Gasteiger partial charge in [-0.05, 0) is 105 Å². The fraction of sp³-hybridized carbons (Fsp3) is 0.487. The zero-order chi connectivity index (χ0) is 35.3. The summed E-state index contributed by atoms with van der Waals surface area (Å²) >= 11 is 7.84. The van der Waals surface area contributed by atoms with Gasteiger partial charge in [0.1, 0.15) is 5.75 Å². The van der Waals surface area contributed by atoms with Crippen LogP contribution in [-0.4, -0.2) is 55.5 Å². The summed E-state index contributed by atoms with van der Waals surface area (Å²) in [6.45, 7) is 7.71. The van der Waals surface area contributed by atoms with Crippen molar-refractivity contribution >= 4 is 44.6 Å². The number of thiazole rings is 1. The molecule has 2 aromatic carbocycles. The molecule has 268 valence electrons. The van der Waals surface area contributed by atoms with Crippen LogP contribution < -0.4 is 14.4 Å². The molecule has 1 amide bonds. The second-order valence-electron chi connectivity index (χ2n) is 14.1. The number of hydrogen-bond donors (Lipinski definition) is 2. The molecule has 3 aliphatic rings. The van der Waals surface area contributed by atoms with E-state index in [0.29, 0.717) is 43.3 Å². The van der Waals surface area contributed by atoms with Gasteiger partial charge in [-0.15, -0.1) is 17.9 Å². The number of fused-ring (bicyclic) bond motifs is 3. The largest absolute Gasteiger partial charge is 0.490 e. The van der Waals surface area contributed by atoms with Gasteiger partial charge in [0.2, 0.25) is 10.0 Å². The maximum atomic E-state index is 13.7. The van der Waals surface area contributed by atoms with Crippen molar-refractivity contribution in [2.45, 2.75) is 87.9 Å². The third kappa shape index (κ3) is 8.14. The summed E-state index contributed by atoms with van der Waals surface area (Å²) in [5, 5.41) is 13.5. The molecular weight excluding hydrogens is 690 g/mol. The van der Waals surface area contributed by atoms with Crippen LogP contribution in [0.4, 0.5) is 5.69 Å². The van der Waals surface area contributed by atoms with Crippen LogP contribution in [0.1, 0.15) is 84.8 Å². The number of carbonyl (C=O) groups excluding carboxylic acids is 1. The molecule has 0 bridgehead atoms. The highest BCUT2D eigenvalue weighted by Crippen LogP contribution is 2.46. The summed E-state index contributed by atoms with van der Waals surface area (Å²) < 4.78 is 36.2. The average molecular weight is 738 g/mol. The number of aliphatic hydroxyl groups excluding tert-OH is 1. The lowest BCUT2D eigenvalue weighted by Gasteiger charge is -2.45. The van der Waals surface area contributed by atoms with E-state index in [1.54, 1.807) is 30.5 Å². The number of rotatable bonds is 14. The van der Waals surface area contributed by atoms with Crippen LogP contribution in [0.3, 0.4) is 0 Å². The number of hydrogen-bond acceptors (Lipinski definition) is 8. The average Bonchev–Trinajstić information content (AvgIpc) is 3.55. The highest BCUT2D eigenvalue weighted by molar-refractivity contribution is 7.90. The molecule has 2 heterocycles. The summed E-state index contributed by atoms with van der Waals surface area (Å²) in [4.78, 5) is 20.3. The number of aromatic nitrogens is 1. The molecule has 2 aliphatic carbocycles. The quantitative estimate of drug-likeness (QED) is 0.164. The Kier molecular flexibility index (Phi) is 11.7. The summed E-state index contributed by atoms with van der Waals surface area (Å²) in [6, 6.07) is 11.4. The van der Waals surface area contributed by atoms with Gasteiger partial charge in [-0.1, -0.05) is 49.2 Å². The van der Waals surface area contributed by atoms with Gasteiger partial charge < -0.3 is 14.7 Å². The van der Waals surface area contributed by atoms with E-state index < -0.39 is 27.3 Å². The number of carbonyl (C=O) groups is 1. The van der Waals surface area contributed by atoms with Gasteiger partial charge in [-0.25, -0.2) is 18.1 Å². The van der Waals surface area contributed by atoms with Gasteiger partial charge in [0, 0.05) is 47.1 Å². The maximum Gasteiger partial charge on any atom is 0.264 e. The molecule has 1 saturated carbocycles. The Morgan fingerprint density at radius 2 is 2.12 bits per heavy atom. The predicted molar refractivity (Wildman–Crippen MR) is 202 cm³/mol. The highest BCUT2D eigenvalue weighted by Gasteiger charge is 2.44. The van der Waals surface area contributed by atoms with E-state index in [0.717, 1.165) is 55.7 Å². The molecule has 1 aliphatic heterocycles. The number of amides is 1. The third-order valence-electron chi connectivity index (χ3n) is 10.7. The second kappa shape index (κ2) is 16.0. The van der Waals surface area contributed by atoms with Crippen molar-refractivity contribution in [2.24, 2.45) is 11.8 Å². The number of benzene rings is 2. The van der Waals surface area contributed by atoms with Crippen molar-refractivity contribution in [3.63, 3.8) is 0 Å². The van der Waals surface area contributed by atoms with Crippen LogP contribution >= 0.6 is 22.9 Å². The van der Waals surface area contributed by atoms with E-state index >= 15 is 0 Å². The van der Waals surface area contributed by atoms with Crippen molar-refractivity contribution < 1.29 is 23.1 Å². The first-order chi connectivity index (χ1) is 24.1. The molecule has 0 unspecified atom stereocenters. The van der Waals surface area contributed by atoms with Crippen LogP contribution in [0.2, 0.25) is 5.02 Å². The molecule has 1 aromatic heterocycles. The van der Waals surface area contributed by atoms with E-state index in [4.69, 9.17) is 16.3 Å². The van der Waals surface area contributed by atoms with Crippen LogP contribution in [0, 0.1) is 11.8 Å². The minimum atomic E-state index is -4.03. The predicted octanol–water partition coefficient (Wildman–Crippen LogP) is 7.65. The Hall–Kier alpha value is -3.18. The van der Waals surface area contributed by atoms with Crippen molar-refractivity contribution in [3.05, 3.63) is 99.5 Å². The Bertz CT molecular complexity index is 1800. The first kappa shape index (κ1) is 36.6. The molecule has 11 heteroatoms. The van der Waals surface area contributed by atoms with Crippen LogP contribution in [-0.2, 0) is 28.3 Å². The van der Waals surface area contributed by atoms with E-state index in [2.05, 4.69) is 46.3 Å². The highest BCUT2D eigenvalue weighted by atomic mass is 35.5. The van der Waals surface area contributed by atoms with Crippen molar-refractivity contribution in [2.75, 3.05) is 24.6 Å².